The highest BCUT2D eigenvalue weighted by Crippen LogP contribution is 2.24. The highest BCUT2D eigenvalue weighted by Gasteiger charge is 2.13. The van der Waals surface area contributed by atoms with Crippen molar-refractivity contribution in [2.45, 2.75) is 0 Å². The molecule has 5 nitrogen and oxygen atoms in total. The van der Waals surface area contributed by atoms with E-state index in [1.54, 1.807) is 55.6 Å². The molecule has 0 atom stereocenters. The summed E-state index contributed by atoms with van der Waals surface area (Å²) in [5, 5.41) is 27.5. The minimum atomic E-state index is -0.266. The molecule has 0 fully saturated rings. The van der Waals surface area contributed by atoms with Crippen LogP contribution in [0.2, 0.25) is 0 Å². The third kappa shape index (κ3) is 5.00. The number of benzene rings is 3. The Morgan fingerprint density at radius 3 is 1.96 bits per heavy atom. The molecule has 128 valence electrons. The Kier molecular flexibility index (Phi) is 6.01. The van der Waals surface area contributed by atoms with Crippen molar-refractivity contribution in [1.29, 1.82) is 0 Å². The zero-order valence-electron chi connectivity index (χ0n) is 13.6. The van der Waals surface area contributed by atoms with Gasteiger partial charge < -0.3 is 20.1 Å². The molecule has 0 aromatic heterocycles. The lowest BCUT2D eigenvalue weighted by Gasteiger charge is -2.04. The van der Waals surface area contributed by atoms with Gasteiger partial charge in [0.05, 0.1) is 12.7 Å². The number of carbonyl (C=O) groups excluding carboxylic acids is 1. The summed E-state index contributed by atoms with van der Waals surface area (Å²) in [7, 11) is 1.59. The van der Waals surface area contributed by atoms with Gasteiger partial charge in [-0.3, -0.25) is 4.79 Å². The summed E-state index contributed by atoms with van der Waals surface area (Å²) in [6, 6.07) is 19.2. The average Bonchev–Trinajstić information content (AvgIpc) is 2.63. The molecule has 25 heavy (non-hydrogen) atoms. The maximum Gasteiger partial charge on any atom is 0.196 e. The van der Waals surface area contributed by atoms with Crippen LogP contribution in [0.15, 0.2) is 72.8 Å². The molecule has 0 aliphatic carbocycles. The molecule has 0 saturated heterocycles. The van der Waals surface area contributed by atoms with E-state index in [2.05, 4.69) is 0 Å². The first-order valence-electron chi connectivity index (χ1n) is 7.46. The van der Waals surface area contributed by atoms with Gasteiger partial charge in [0.1, 0.15) is 23.0 Å². The van der Waals surface area contributed by atoms with Crippen molar-refractivity contribution in [3.05, 3.63) is 83.9 Å². The highest BCUT2D eigenvalue weighted by atomic mass is 16.5. The van der Waals surface area contributed by atoms with Crippen LogP contribution in [-0.2, 0) is 0 Å². The molecule has 0 unspecified atom stereocenters. The summed E-state index contributed by atoms with van der Waals surface area (Å²) in [5.41, 5.74) is 0.687. The Balaban J connectivity index is 0.000000212. The molecular weight excluding hydrogens is 320 g/mol. The SMILES string of the molecule is COc1ccc(O)cc1.O=C(c1ccccc1)c1ccc(O)cc1O. The molecular formula is C20H18O5. The van der Waals surface area contributed by atoms with Crippen molar-refractivity contribution in [2.75, 3.05) is 7.11 Å². The fourth-order valence-electron chi connectivity index (χ4n) is 2.04. The van der Waals surface area contributed by atoms with Crippen LogP contribution in [0.3, 0.4) is 0 Å². The molecule has 3 aromatic carbocycles. The van der Waals surface area contributed by atoms with Crippen molar-refractivity contribution < 1.29 is 24.9 Å². The van der Waals surface area contributed by atoms with Crippen LogP contribution in [0.4, 0.5) is 0 Å². The predicted molar refractivity (Wildman–Crippen MR) is 94.3 cm³/mol. The molecule has 0 heterocycles. The highest BCUT2D eigenvalue weighted by molar-refractivity contribution is 6.10. The van der Waals surface area contributed by atoms with Crippen LogP contribution >= 0.6 is 0 Å². The van der Waals surface area contributed by atoms with E-state index >= 15 is 0 Å². The molecule has 0 bridgehead atoms. The lowest BCUT2D eigenvalue weighted by atomic mass is 10.0. The number of hydrogen-bond acceptors (Lipinski definition) is 5. The van der Waals surface area contributed by atoms with E-state index in [4.69, 9.17) is 14.9 Å². The molecule has 0 saturated carbocycles. The molecule has 3 N–H and O–H groups in total. The quantitative estimate of drug-likeness (QED) is 0.634. The van der Waals surface area contributed by atoms with Gasteiger partial charge in [0, 0.05) is 11.6 Å². The molecule has 0 aliphatic heterocycles. The third-order valence-corrected chi connectivity index (χ3v) is 3.33. The van der Waals surface area contributed by atoms with E-state index in [1.165, 1.54) is 12.1 Å². The lowest BCUT2D eigenvalue weighted by Crippen LogP contribution is -2.00. The standard InChI is InChI=1S/C13H10O3.C7H8O2/c14-10-6-7-11(12(15)8-10)13(16)9-4-2-1-3-5-9;1-9-7-4-2-6(8)3-5-7/h1-8,14-15H;2-5,8H,1H3. The molecule has 3 rings (SSSR count). The van der Waals surface area contributed by atoms with Crippen molar-refractivity contribution >= 4 is 5.78 Å². The second-order valence-corrected chi connectivity index (χ2v) is 5.09. The molecule has 3 aromatic rings. The van der Waals surface area contributed by atoms with Crippen LogP contribution in [0.1, 0.15) is 15.9 Å². The number of phenols is 3. The first-order valence-corrected chi connectivity index (χ1v) is 7.46. The van der Waals surface area contributed by atoms with Crippen LogP contribution < -0.4 is 4.74 Å². The molecule has 0 amide bonds. The number of hydrogen-bond donors (Lipinski definition) is 3. The largest absolute Gasteiger partial charge is 0.508 e. The van der Waals surface area contributed by atoms with E-state index in [1.807, 2.05) is 6.07 Å². The Hall–Kier alpha value is -3.47. The molecule has 0 radical (unpaired) electrons. The van der Waals surface area contributed by atoms with Gasteiger partial charge in [0.25, 0.3) is 0 Å². The Labute approximate surface area is 145 Å². The summed E-state index contributed by atoms with van der Waals surface area (Å²) in [5.74, 6) is 0.470. The number of ether oxygens (including phenoxy) is 1. The summed E-state index contributed by atoms with van der Waals surface area (Å²) < 4.78 is 4.86. The number of aromatic hydroxyl groups is 3. The second-order valence-electron chi connectivity index (χ2n) is 5.09. The summed E-state index contributed by atoms with van der Waals surface area (Å²) in [6.45, 7) is 0. The lowest BCUT2D eigenvalue weighted by molar-refractivity contribution is 0.103. The van der Waals surface area contributed by atoms with Gasteiger partial charge in [0.15, 0.2) is 5.78 Å². The van der Waals surface area contributed by atoms with Crippen LogP contribution in [0.25, 0.3) is 0 Å². The first kappa shape index (κ1) is 17.9. The van der Waals surface area contributed by atoms with Gasteiger partial charge in [0.2, 0.25) is 0 Å². The predicted octanol–water partition coefficient (Wildman–Crippen LogP) is 3.73. The van der Waals surface area contributed by atoms with Crippen LogP contribution in [-0.4, -0.2) is 28.2 Å². The fourth-order valence-corrected chi connectivity index (χ4v) is 2.04. The van der Waals surface area contributed by atoms with Crippen molar-refractivity contribution in [3.8, 4) is 23.0 Å². The fraction of sp³-hybridized carbons (Fsp3) is 0.0500. The Morgan fingerprint density at radius 1 is 0.800 bits per heavy atom. The second kappa shape index (κ2) is 8.40. The Morgan fingerprint density at radius 2 is 1.40 bits per heavy atom. The zero-order valence-corrected chi connectivity index (χ0v) is 13.6. The molecule has 0 aliphatic rings. The average molecular weight is 338 g/mol. The van der Waals surface area contributed by atoms with Crippen molar-refractivity contribution in [3.63, 3.8) is 0 Å². The van der Waals surface area contributed by atoms with E-state index < -0.39 is 0 Å². The van der Waals surface area contributed by atoms with Crippen molar-refractivity contribution in [2.24, 2.45) is 0 Å². The van der Waals surface area contributed by atoms with Gasteiger partial charge in [-0.15, -0.1) is 0 Å². The third-order valence-electron chi connectivity index (χ3n) is 3.33. The summed E-state index contributed by atoms with van der Waals surface area (Å²) in [4.78, 5) is 11.9. The monoisotopic (exact) mass is 338 g/mol. The minimum absolute atomic E-state index is 0.0675. The summed E-state index contributed by atoms with van der Waals surface area (Å²) >= 11 is 0. The smallest absolute Gasteiger partial charge is 0.196 e. The van der Waals surface area contributed by atoms with E-state index in [0.717, 1.165) is 11.8 Å². The van der Waals surface area contributed by atoms with Gasteiger partial charge in [-0.05, 0) is 36.4 Å². The first-order chi connectivity index (χ1) is 12.0. The van der Waals surface area contributed by atoms with Crippen molar-refractivity contribution in [1.82, 2.24) is 0 Å². The van der Waals surface area contributed by atoms with Gasteiger partial charge >= 0.3 is 0 Å². The maximum atomic E-state index is 11.9. The van der Waals surface area contributed by atoms with E-state index in [9.17, 15) is 9.90 Å². The number of methoxy groups -OCH3 is 1. The van der Waals surface area contributed by atoms with E-state index in [0.29, 0.717) is 5.56 Å². The normalized spacial score (nSPS) is 9.64. The number of rotatable bonds is 3. The van der Waals surface area contributed by atoms with Gasteiger partial charge in [-0.25, -0.2) is 0 Å². The van der Waals surface area contributed by atoms with Crippen LogP contribution in [0, 0.1) is 0 Å². The Bertz CT molecular complexity index is 826. The number of phenolic OH excluding ortho intramolecular Hbond substituents is 3. The minimum Gasteiger partial charge on any atom is -0.508 e. The van der Waals surface area contributed by atoms with E-state index in [-0.39, 0.29) is 28.6 Å². The number of ketones is 1. The summed E-state index contributed by atoms with van der Waals surface area (Å²) in [6.07, 6.45) is 0. The maximum absolute atomic E-state index is 11.9. The van der Waals surface area contributed by atoms with Crippen LogP contribution in [0.5, 0.6) is 23.0 Å². The van der Waals surface area contributed by atoms with Gasteiger partial charge in [-0.1, -0.05) is 30.3 Å². The van der Waals surface area contributed by atoms with Gasteiger partial charge in [-0.2, -0.15) is 0 Å². The molecule has 0 spiro atoms. The number of carbonyl (C=O) groups is 1. The topological polar surface area (TPSA) is 87.0 Å². The molecule has 5 heteroatoms. The zero-order chi connectivity index (χ0) is 18.2.